The molecular formula is C10H14O2. The highest BCUT2D eigenvalue weighted by Gasteiger charge is 2.62. The van der Waals surface area contributed by atoms with E-state index in [-0.39, 0.29) is 11.9 Å². The first-order chi connectivity index (χ1) is 5.81. The third kappa shape index (κ3) is 0.782. The quantitative estimate of drug-likeness (QED) is 0.551. The maximum absolute atomic E-state index is 11.3. The van der Waals surface area contributed by atoms with E-state index in [4.69, 9.17) is 4.74 Å². The van der Waals surface area contributed by atoms with Crippen LogP contribution in [-0.4, -0.2) is 13.1 Å². The van der Waals surface area contributed by atoms with Crippen molar-refractivity contribution in [3.05, 3.63) is 0 Å². The first kappa shape index (κ1) is 6.93. The molecule has 0 amide bonds. The topological polar surface area (TPSA) is 26.3 Å². The summed E-state index contributed by atoms with van der Waals surface area (Å²) in [5.74, 6) is 3.83. The standard InChI is InChI=1S/C10H14O2/c1-12-10(11)9-3-5-2-6(5)7-4-8(7)9/h5-9H,2-4H2,1H3/t5-,6-,7+,8+,9-/m0/s1. The van der Waals surface area contributed by atoms with Gasteiger partial charge in [0.2, 0.25) is 0 Å². The number of rotatable bonds is 1. The van der Waals surface area contributed by atoms with Gasteiger partial charge in [-0.05, 0) is 42.9 Å². The highest BCUT2D eigenvalue weighted by molar-refractivity contribution is 5.73. The molecule has 5 atom stereocenters. The Morgan fingerprint density at radius 2 is 2.00 bits per heavy atom. The third-order valence-electron chi connectivity index (χ3n) is 4.00. The Morgan fingerprint density at radius 3 is 2.75 bits per heavy atom. The summed E-state index contributed by atoms with van der Waals surface area (Å²) < 4.78 is 4.81. The van der Waals surface area contributed by atoms with Crippen LogP contribution in [0.5, 0.6) is 0 Å². The Bertz CT molecular complexity index is 236. The van der Waals surface area contributed by atoms with Crippen molar-refractivity contribution in [1.29, 1.82) is 0 Å². The Kier molecular flexibility index (Phi) is 1.18. The van der Waals surface area contributed by atoms with Crippen molar-refractivity contribution in [2.24, 2.45) is 29.6 Å². The molecule has 12 heavy (non-hydrogen) atoms. The van der Waals surface area contributed by atoms with Gasteiger partial charge < -0.3 is 4.74 Å². The molecule has 0 spiro atoms. The molecule has 66 valence electrons. The van der Waals surface area contributed by atoms with E-state index < -0.39 is 0 Å². The number of methoxy groups -OCH3 is 1. The Labute approximate surface area is 72.3 Å². The van der Waals surface area contributed by atoms with Gasteiger partial charge in [-0.2, -0.15) is 0 Å². The highest BCUT2D eigenvalue weighted by atomic mass is 16.5. The molecule has 0 saturated heterocycles. The minimum atomic E-state index is 0.0489. The van der Waals surface area contributed by atoms with Gasteiger partial charge in [-0.1, -0.05) is 0 Å². The number of esters is 1. The first-order valence-electron chi connectivity index (χ1n) is 4.89. The molecule has 2 heteroatoms. The minimum Gasteiger partial charge on any atom is -0.469 e. The third-order valence-corrected chi connectivity index (χ3v) is 4.00. The molecule has 0 aromatic heterocycles. The molecule has 0 unspecified atom stereocenters. The molecule has 0 N–H and O–H groups in total. The zero-order valence-corrected chi connectivity index (χ0v) is 7.32. The largest absolute Gasteiger partial charge is 0.469 e. The van der Waals surface area contributed by atoms with Gasteiger partial charge in [0.15, 0.2) is 0 Å². The summed E-state index contributed by atoms with van der Waals surface area (Å²) in [6.45, 7) is 0. The maximum Gasteiger partial charge on any atom is 0.308 e. The SMILES string of the molecule is COC(=O)[C@H]1C[C@@H]2C[C@@H]2[C@H]2C[C@H]21. The summed E-state index contributed by atoms with van der Waals surface area (Å²) in [5.41, 5.74) is 0. The van der Waals surface area contributed by atoms with Crippen molar-refractivity contribution in [3.8, 4) is 0 Å². The predicted octanol–water partition coefficient (Wildman–Crippen LogP) is 1.45. The fraction of sp³-hybridized carbons (Fsp3) is 0.900. The van der Waals surface area contributed by atoms with Crippen LogP contribution < -0.4 is 0 Å². The van der Waals surface area contributed by atoms with Crippen molar-refractivity contribution in [2.45, 2.75) is 19.3 Å². The van der Waals surface area contributed by atoms with Crippen LogP contribution in [0.25, 0.3) is 0 Å². The molecule has 0 aromatic rings. The minimum absolute atomic E-state index is 0.0489. The molecule has 3 aliphatic carbocycles. The number of fused-ring (bicyclic) bond motifs is 3. The monoisotopic (exact) mass is 166 g/mol. The van der Waals surface area contributed by atoms with E-state index in [0.717, 1.165) is 24.2 Å². The number of ether oxygens (including phenoxy) is 1. The van der Waals surface area contributed by atoms with E-state index in [1.165, 1.54) is 20.0 Å². The van der Waals surface area contributed by atoms with E-state index >= 15 is 0 Å². The second-order valence-electron chi connectivity index (χ2n) is 4.59. The van der Waals surface area contributed by atoms with Crippen LogP contribution in [0.15, 0.2) is 0 Å². The molecule has 0 aliphatic heterocycles. The molecule has 3 rings (SSSR count). The van der Waals surface area contributed by atoms with Crippen molar-refractivity contribution in [2.75, 3.05) is 7.11 Å². The second kappa shape index (κ2) is 2.04. The van der Waals surface area contributed by atoms with Crippen LogP contribution in [0.4, 0.5) is 0 Å². The summed E-state index contributed by atoms with van der Waals surface area (Å²) in [6.07, 6.45) is 3.83. The fourth-order valence-corrected chi connectivity index (χ4v) is 3.18. The van der Waals surface area contributed by atoms with E-state index in [2.05, 4.69) is 0 Å². The van der Waals surface area contributed by atoms with Gasteiger partial charge in [-0.15, -0.1) is 0 Å². The van der Waals surface area contributed by atoms with Crippen LogP contribution >= 0.6 is 0 Å². The molecule has 3 saturated carbocycles. The van der Waals surface area contributed by atoms with Crippen LogP contribution in [0, 0.1) is 29.6 Å². The van der Waals surface area contributed by atoms with Gasteiger partial charge in [0.05, 0.1) is 13.0 Å². The second-order valence-corrected chi connectivity index (χ2v) is 4.59. The lowest BCUT2D eigenvalue weighted by Crippen LogP contribution is -2.22. The van der Waals surface area contributed by atoms with E-state index in [9.17, 15) is 4.79 Å². The average Bonchev–Trinajstić information content (AvgIpc) is 2.89. The number of hydrogen-bond acceptors (Lipinski definition) is 2. The molecular weight excluding hydrogens is 152 g/mol. The predicted molar refractivity (Wildman–Crippen MR) is 43.3 cm³/mol. The summed E-state index contributed by atoms with van der Waals surface area (Å²) in [7, 11) is 1.51. The van der Waals surface area contributed by atoms with Gasteiger partial charge in [-0.3, -0.25) is 4.79 Å². The highest BCUT2D eigenvalue weighted by Crippen LogP contribution is 2.67. The first-order valence-corrected chi connectivity index (χ1v) is 4.89. The summed E-state index contributed by atoms with van der Waals surface area (Å²) >= 11 is 0. The Hall–Kier alpha value is -0.530. The molecule has 3 fully saturated rings. The molecule has 3 aliphatic rings. The van der Waals surface area contributed by atoms with E-state index in [1.807, 2.05) is 0 Å². The molecule has 0 heterocycles. The summed E-state index contributed by atoms with van der Waals surface area (Å²) in [6, 6.07) is 0. The van der Waals surface area contributed by atoms with Crippen LogP contribution in [-0.2, 0) is 9.53 Å². The Morgan fingerprint density at radius 1 is 1.17 bits per heavy atom. The molecule has 0 radical (unpaired) electrons. The fourth-order valence-electron chi connectivity index (χ4n) is 3.18. The van der Waals surface area contributed by atoms with Crippen molar-refractivity contribution < 1.29 is 9.53 Å². The van der Waals surface area contributed by atoms with Crippen LogP contribution in [0.1, 0.15) is 19.3 Å². The molecule has 0 aromatic carbocycles. The van der Waals surface area contributed by atoms with Gasteiger partial charge in [0, 0.05) is 0 Å². The van der Waals surface area contributed by atoms with Gasteiger partial charge >= 0.3 is 5.97 Å². The smallest absolute Gasteiger partial charge is 0.308 e. The van der Waals surface area contributed by atoms with Crippen molar-refractivity contribution >= 4 is 5.97 Å². The number of carbonyl (C=O) groups excluding carboxylic acids is 1. The van der Waals surface area contributed by atoms with Crippen molar-refractivity contribution in [3.63, 3.8) is 0 Å². The normalized spacial score (nSPS) is 53.6. The van der Waals surface area contributed by atoms with Crippen LogP contribution in [0.3, 0.4) is 0 Å². The van der Waals surface area contributed by atoms with Gasteiger partial charge in [0.1, 0.15) is 0 Å². The van der Waals surface area contributed by atoms with Gasteiger partial charge in [-0.25, -0.2) is 0 Å². The van der Waals surface area contributed by atoms with Crippen molar-refractivity contribution in [1.82, 2.24) is 0 Å². The lowest BCUT2D eigenvalue weighted by molar-refractivity contribution is -0.147. The lowest BCUT2D eigenvalue weighted by atomic mass is 9.89. The number of hydrogen-bond donors (Lipinski definition) is 0. The summed E-state index contributed by atoms with van der Waals surface area (Å²) in [5, 5.41) is 0. The van der Waals surface area contributed by atoms with E-state index in [1.54, 1.807) is 0 Å². The molecule has 0 bridgehead atoms. The zero-order valence-electron chi connectivity index (χ0n) is 7.32. The summed E-state index contributed by atoms with van der Waals surface area (Å²) in [4.78, 5) is 11.3. The zero-order chi connectivity index (χ0) is 8.29. The van der Waals surface area contributed by atoms with Gasteiger partial charge in [0.25, 0.3) is 0 Å². The average molecular weight is 166 g/mol. The maximum atomic E-state index is 11.3. The lowest BCUT2D eigenvalue weighted by Gasteiger charge is -2.17. The Balaban J connectivity index is 1.76. The van der Waals surface area contributed by atoms with Crippen LogP contribution in [0.2, 0.25) is 0 Å². The number of carbonyl (C=O) groups is 1. The van der Waals surface area contributed by atoms with E-state index in [0.29, 0.717) is 5.92 Å². The molecule has 2 nitrogen and oxygen atoms in total.